The zero-order valence-electron chi connectivity index (χ0n) is 12.0. The number of rotatable bonds is 5. The Labute approximate surface area is 121 Å². The van der Waals surface area contributed by atoms with Crippen LogP contribution in [0.4, 0.5) is 5.82 Å². The van der Waals surface area contributed by atoms with E-state index in [0.717, 1.165) is 24.5 Å². The first-order chi connectivity index (χ1) is 9.47. The molecule has 6 nitrogen and oxygen atoms in total. The second-order valence-electron chi connectivity index (χ2n) is 4.95. The minimum absolute atomic E-state index is 0.0649. The van der Waals surface area contributed by atoms with Crippen molar-refractivity contribution in [2.24, 2.45) is 0 Å². The van der Waals surface area contributed by atoms with Gasteiger partial charge in [-0.25, -0.2) is 9.97 Å². The lowest BCUT2D eigenvalue weighted by atomic mass is 9.99. The van der Waals surface area contributed by atoms with Crippen LogP contribution in [0.2, 0.25) is 0 Å². The smallest absolute Gasteiger partial charge is 0.220 e. The van der Waals surface area contributed by atoms with E-state index >= 15 is 0 Å². The van der Waals surface area contributed by atoms with Crippen LogP contribution in [0.5, 0.6) is 0 Å². The van der Waals surface area contributed by atoms with Gasteiger partial charge >= 0.3 is 0 Å². The topological polar surface area (TPSA) is 75.2 Å². The lowest BCUT2D eigenvalue weighted by molar-refractivity contribution is -0.136. The van der Waals surface area contributed by atoms with Crippen LogP contribution < -0.4 is 5.32 Å². The summed E-state index contributed by atoms with van der Waals surface area (Å²) in [6.45, 7) is 4.82. The van der Waals surface area contributed by atoms with Crippen LogP contribution in [0, 0.1) is 6.92 Å². The molecule has 110 valence electrons. The van der Waals surface area contributed by atoms with Gasteiger partial charge in [-0.3, -0.25) is 9.00 Å². The summed E-state index contributed by atoms with van der Waals surface area (Å²) in [7, 11) is -0.820. The molecule has 1 aliphatic heterocycles. The predicted molar refractivity (Wildman–Crippen MR) is 78.9 cm³/mol. The van der Waals surface area contributed by atoms with Crippen molar-refractivity contribution in [3.63, 3.8) is 0 Å². The highest BCUT2D eigenvalue weighted by Gasteiger charge is 2.32. The van der Waals surface area contributed by atoms with Gasteiger partial charge in [-0.2, -0.15) is 0 Å². The van der Waals surface area contributed by atoms with Crippen molar-refractivity contribution in [2.45, 2.75) is 26.3 Å². The molecule has 1 aromatic heterocycles. The van der Waals surface area contributed by atoms with Crippen molar-refractivity contribution in [2.75, 3.05) is 30.4 Å². The maximum absolute atomic E-state index is 11.5. The minimum Gasteiger partial charge on any atom is -0.369 e. The van der Waals surface area contributed by atoms with Crippen molar-refractivity contribution >= 4 is 22.5 Å². The molecule has 0 radical (unpaired) electrons. The third-order valence-electron chi connectivity index (χ3n) is 3.32. The molecule has 1 amide bonds. The third-order valence-corrected chi connectivity index (χ3v) is 4.10. The van der Waals surface area contributed by atoms with Crippen LogP contribution in [0.1, 0.15) is 30.9 Å². The summed E-state index contributed by atoms with van der Waals surface area (Å²) in [6.07, 6.45) is 2.62. The van der Waals surface area contributed by atoms with Crippen molar-refractivity contribution in [1.29, 1.82) is 0 Å². The number of likely N-dealkylation sites (tertiary alicyclic amines) is 1. The molecule has 0 bridgehead atoms. The lowest BCUT2D eigenvalue weighted by Gasteiger charge is -2.40. The van der Waals surface area contributed by atoms with Crippen molar-refractivity contribution in [3.8, 4) is 0 Å². The number of nitrogens with one attached hydrogen (secondary N) is 1. The van der Waals surface area contributed by atoms with E-state index in [4.69, 9.17) is 0 Å². The van der Waals surface area contributed by atoms with E-state index in [1.165, 1.54) is 0 Å². The number of amides is 1. The Balaban J connectivity index is 2.08. The summed E-state index contributed by atoms with van der Waals surface area (Å²) in [4.78, 5) is 22.0. The fourth-order valence-electron chi connectivity index (χ4n) is 2.25. The Morgan fingerprint density at radius 3 is 2.85 bits per heavy atom. The molecule has 0 unspecified atom stereocenters. The van der Waals surface area contributed by atoms with Crippen molar-refractivity contribution in [3.05, 3.63) is 17.6 Å². The third kappa shape index (κ3) is 3.53. The average Bonchev–Trinajstić information content (AvgIpc) is 2.24. The zero-order valence-corrected chi connectivity index (χ0v) is 12.9. The first-order valence-electron chi connectivity index (χ1n) is 6.64. The molecule has 2 atom stereocenters. The van der Waals surface area contributed by atoms with Gasteiger partial charge in [-0.05, 0) is 13.3 Å². The van der Waals surface area contributed by atoms with E-state index in [-0.39, 0.29) is 11.9 Å². The number of hydrogen-bond acceptors (Lipinski definition) is 5. The second kappa shape index (κ2) is 6.30. The highest BCUT2D eigenvalue weighted by Crippen LogP contribution is 2.32. The molecule has 1 fully saturated rings. The van der Waals surface area contributed by atoms with Gasteiger partial charge in [-0.1, -0.05) is 0 Å². The molecule has 0 spiro atoms. The molecule has 0 aliphatic carbocycles. The number of aromatic nitrogens is 2. The van der Waals surface area contributed by atoms with Gasteiger partial charge in [0.05, 0.1) is 11.7 Å². The molecule has 20 heavy (non-hydrogen) atoms. The Bertz CT molecular complexity index is 535. The molecular weight excluding hydrogens is 276 g/mol. The number of carbonyl (C=O) groups is 1. The van der Waals surface area contributed by atoms with Crippen LogP contribution in [-0.2, 0) is 15.6 Å². The van der Waals surface area contributed by atoms with Gasteiger partial charge in [0.2, 0.25) is 5.91 Å². The standard InChI is InChI=1S/C13H20N4O2S/c1-9-15-11(12-4-6-17(12)10(2)18)8-13(16-9)14-5-7-20(3)19/h8,12H,4-7H2,1-3H3,(H,14,15,16)/t12-,20-/m0/s1. The number of nitrogens with zero attached hydrogens (tertiary/aromatic N) is 3. The SMILES string of the molecule is CC(=O)N1CC[C@H]1c1cc(NCC[S@](C)=O)nc(C)n1. The van der Waals surface area contributed by atoms with E-state index in [9.17, 15) is 9.00 Å². The molecule has 0 saturated carbocycles. The predicted octanol–water partition coefficient (Wildman–Crippen LogP) is 0.869. The number of aryl methyl sites for hydroxylation is 1. The highest BCUT2D eigenvalue weighted by molar-refractivity contribution is 7.84. The molecule has 1 N–H and O–H groups in total. The summed E-state index contributed by atoms with van der Waals surface area (Å²) in [5.41, 5.74) is 0.874. The van der Waals surface area contributed by atoms with Crippen molar-refractivity contribution in [1.82, 2.24) is 14.9 Å². The van der Waals surface area contributed by atoms with Crippen LogP contribution in [0.3, 0.4) is 0 Å². The van der Waals surface area contributed by atoms with Gasteiger partial charge in [0.15, 0.2) is 0 Å². The van der Waals surface area contributed by atoms with Gasteiger partial charge in [-0.15, -0.1) is 0 Å². The fraction of sp³-hybridized carbons (Fsp3) is 0.615. The quantitative estimate of drug-likeness (QED) is 0.872. The van der Waals surface area contributed by atoms with Gasteiger partial charge < -0.3 is 10.2 Å². The van der Waals surface area contributed by atoms with E-state index in [0.29, 0.717) is 18.1 Å². The van der Waals surface area contributed by atoms with Crippen LogP contribution >= 0.6 is 0 Å². The fourth-order valence-corrected chi connectivity index (χ4v) is 2.64. The second-order valence-corrected chi connectivity index (χ2v) is 6.50. The normalized spacial score (nSPS) is 19.4. The maximum Gasteiger partial charge on any atom is 0.220 e. The zero-order chi connectivity index (χ0) is 14.7. The van der Waals surface area contributed by atoms with Crippen LogP contribution in [0.25, 0.3) is 0 Å². The Hall–Kier alpha value is -1.50. The van der Waals surface area contributed by atoms with Gasteiger partial charge in [0.25, 0.3) is 0 Å². The van der Waals surface area contributed by atoms with Crippen LogP contribution in [-0.4, -0.2) is 50.1 Å². The number of carbonyl (C=O) groups excluding carboxylic acids is 1. The molecular formula is C13H20N4O2S. The first-order valence-corrected chi connectivity index (χ1v) is 8.37. The molecule has 2 rings (SSSR count). The Kier molecular flexibility index (Phi) is 4.69. The Morgan fingerprint density at radius 2 is 2.30 bits per heavy atom. The van der Waals surface area contributed by atoms with Crippen LogP contribution in [0.15, 0.2) is 6.07 Å². The lowest BCUT2D eigenvalue weighted by Crippen LogP contribution is -2.44. The van der Waals surface area contributed by atoms with Gasteiger partial charge in [0, 0.05) is 48.9 Å². The summed E-state index contributed by atoms with van der Waals surface area (Å²) in [5.74, 6) is 2.07. The van der Waals surface area contributed by atoms with E-state index in [2.05, 4.69) is 15.3 Å². The summed E-state index contributed by atoms with van der Waals surface area (Å²) >= 11 is 0. The molecule has 1 saturated heterocycles. The molecule has 1 aliphatic rings. The van der Waals surface area contributed by atoms with E-state index in [1.807, 2.05) is 17.9 Å². The first kappa shape index (κ1) is 14.9. The minimum atomic E-state index is -0.820. The summed E-state index contributed by atoms with van der Waals surface area (Å²) in [5, 5.41) is 3.16. The van der Waals surface area contributed by atoms with E-state index < -0.39 is 10.8 Å². The highest BCUT2D eigenvalue weighted by atomic mass is 32.2. The Morgan fingerprint density at radius 1 is 1.55 bits per heavy atom. The molecule has 1 aromatic rings. The molecule has 0 aromatic carbocycles. The molecule has 7 heteroatoms. The van der Waals surface area contributed by atoms with E-state index in [1.54, 1.807) is 13.2 Å². The number of hydrogen-bond donors (Lipinski definition) is 1. The summed E-state index contributed by atoms with van der Waals surface area (Å²) in [6, 6.07) is 1.95. The monoisotopic (exact) mass is 296 g/mol. The maximum atomic E-state index is 11.5. The summed E-state index contributed by atoms with van der Waals surface area (Å²) < 4.78 is 11.0. The molecule has 2 heterocycles. The number of anilines is 1. The van der Waals surface area contributed by atoms with Gasteiger partial charge in [0.1, 0.15) is 11.6 Å². The largest absolute Gasteiger partial charge is 0.369 e. The van der Waals surface area contributed by atoms with Crippen molar-refractivity contribution < 1.29 is 9.00 Å². The average molecular weight is 296 g/mol.